The van der Waals surface area contributed by atoms with Crippen molar-refractivity contribution >= 4 is 36.9 Å². The maximum absolute atomic E-state index is 12.4. The van der Waals surface area contributed by atoms with Crippen molar-refractivity contribution in [1.29, 1.82) is 0 Å². The number of alkyl halides is 3. The molecule has 0 unspecified atom stereocenters. The summed E-state index contributed by atoms with van der Waals surface area (Å²) in [5, 5.41) is 4.11. The summed E-state index contributed by atoms with van der Waals surface area (Å²) in [6, 6.07) is 7.45. The van der Waals surface area contributed by atoms with E-state index in [9.17, 15) is 18.0 Å². The van der Waals surface area contributed by atoms with E-state index in [1.807, 2.05) is 6.92 Å². The number of hydrogen-bond donors (Lipinski definition) is 0. The largest absolute Gasteiger partial charge is 0.446 e. The van der Waals surface area contributed by atoms with E-state index in [4.69, 9.17) is 0 Å². The molecule has 0 saturated carbocycles. The predicted octanol–water partition coefficient (Wildman–Crippen LogP) is 4.47. The van der Waals surface area contributed by atoms with Gasteiger partial charge in [0.2, 0.25) is 0 Å². The van der Waals surface area contributed by atoms with E-state index in [2.05, 4.69) is 5.10 Å². The highest BCUT2D eigenvalue weighted by molar-refractivity contribution is 8.00. The topological polar surface area (TPSA) is 38.1 Å². The molecule has 0 fully saturated rings. The molecule has 0 spiro atoms. The van der Waals surface area contributed by atoms with Crippen molar-refractivity contribution in [3.63, 3.8) is 0 Å². The molecular weight excluding hydrogens is 359 g/mol. The van der Waals surface area contributed by atoms with Gasteiger partial charge in [-0.15, -0.1) is 0 Å². The van der Waals surface area contributed by atoms with Gasteiger partial charge >= 0.3 is 5.51 Å². The molecule has 0 radical (unpaired) electrons. The van der Waals surface area contributed by atoms with Crippen molar-refractivity contribution in [2.75, 3.05) is 11.4 Å². The zero-order valence-electron chi connectivity index (χ0n) is 12.0. The first-order valence-electron chi connectivity index (χ1n) is 6.56. The summed E-state index contributed by atoms with van der Waals surface area (Å²) in [6.45, 7) is 2.36. The number of nitrogens with zero attached hydrogens (tertiary/aromatic N) is 3. The average Bonchev–Trinajstić information content (AvgIpc) is 2.92. The summed E-state index contributed by atoms with van der Waals surface area (Å²) in [5.74, 6) is -0.202. The third-order valence-corrected chi connectivity index (χ3v) is 4.12. The molecule has 24 heavy (non-hydrogen) atoms. The van der Waals surface area contributed by atoms with Crippen molar-refractivity contribution in [2.45, 2.75) is 30.8 Å². The molecule has 1 aromatic carbocycles. The van der Waals surface area contributed by atoms with Crippen LogP contribution in [0, 0.1) is 0 Å². The number of carbonyl (C=O) groups is 1. The molecule has 2 heterocycles. The summed E-state index contributed by atoms with van der Waals surface area (Å²) < 4.78 is 38.6. The lowest BCUT2D eigenvalue weighted by Gasteiger charge is -2.31. The molecule has 1 aliphatic heterocycles. The normalized spacial score (nSPS) is 16.9. The fraction of sp³-hybridized carbons (Fsp3) is 0.333. The second kappa shape index (κ2) is 7.52. The van der Waals surface area contributed by atoms with Gasteiger partial charge in [-0.1, -0.05) is 7.43 Å². The Bertz CT molecular complexity index is 701. The van der Waals surface area contributed by atoms with Crippen molar-refractivity contribution < 1.29 is 18.0 Å². The Morgan fingerprint density at radius 1 is 1.21 bits per heavy atom. The fourth-order valence-electron chi connectivity index (χ4n) is 2.45. The number of amides is 1. The number of thioether (sulfide) groups is 1. The zero-order valence-corrected chi connectivity index (χ0v) is 13.9. The Hall–Kier alpha value is -1.61. The van der Waals surface area contributed by atoms with E-state index in [0.29, 0.717) is 17.9 Å². The van der Waals surface area contributed by atoms with Gasteiger partial charge in [0.25, 0.3) is 5.91 Å². The van der Waals surface area contributed by atoms with E-state index < -0.39 is 5.51 Å². The first kappa shape index (κ1) is 20.4. The van der Waals surface area contributed by atoms with Gasteiger partial charge in [-0.3, -0.25) is 9.48 Å². The average molecular weight is 377 g/mol. The van der Waals surface area contributed by atoms with E-state index in [1.165, 1.54) is 24.3 Å². The first-order chi connectivity index (χ1) is 10.3. The number of benzene rings is 1. The summed E-state index contributed by atoms with van der Waals surface area (Å²) in [6.07, 6.45) is 1.57. The molecular formula is C15H18F3N3OS2. The number of aromatic nitrogens is 2. The smallest absolute Gasteiger partial charge is 0.305 e. The lowest BCUT2D eigenvalue weighted by atomic mass is 10.1. The molecule has 1 amide bonds. The minimum absolute atomic E-state index is 0. The highest BCUT2D eigenvalue weighted by Crippen LogP contribution is 2.37. The summed E-state index contributed by atoms with van der Waals surface area (Å²) in [7, 11) is 0. The first-order valence-corrected chi connectivity index (χ1v) is 7.38. The Balaban J connectivity index is 0.00000144. The van der Waals surface area contributed by atoms with Gasteiger partial charge in [0.05, 0.1) is 6.04 Å². The predicted molar refractivity (Wildman–Crippen MR) is 94.1 cm³/mol. The molecule has 1 aliphatic rings. The SMILES string of the molecule is C.C[C@H]1CN(c2ccc(SC(F)(F)F)cc2)C(=O)c2ccnn21.S. The highest BCUT2D eigenvalue weighted by atomic mass is 32.2. The third kappa shape index (κ3) is 4.07. The lowest BCUT2D eigenvalue weighted by Crippen LogP contribution is -2.42. The van der Waals surface area contributed by atoms with Gasteiger partial charge in [-0.2, -0.15) is 31.8 Å². The van der Waals surface area contributed by atoms with Crippen molar-refractivity contribution in [1.82, 2.24) is 9.78 Å². The van der Waals surface area contributed by atoms with Crippen LogP contribution in [0.25, 0.3) is 0 Å². The van der Waals surface area contributed by atoms with Crippen LogP contribution in [0.15, 0.2) is 41.4 Å². The van der Waals surface area contributed by atoms with Crippen LogP contribution >= 0.6 is 25.3 Å². The number of rotatable bonds is 2. The highest BCUT2D eigenvalue weighted by Gasteiger charge is 2.31. The van der Waals surface area contributed by atoms with Crippen molar-refractivity contribution in [3.8, 4) is 0 Å². The van der Waals surface area contributed by atoms with Crippen molar-refractivity contribution in [3.05, 3.63) is 42.2 Å². The number of fused-ring (bicyclic) bond motifs is 1. The third-order valence-electron chi connectivity index (χ3n) is 3.38. The second-order valence-electron chi connectivity index (χ2n) is 4.97. The van der Waals surface area contributed by atoms with Gasteiger partial charge in [0.1, 0.15) is 5.69 Å². The molecule has 132 valence electrons. The molecule has 9 heteroatoms. The molecule has 0 bridgehead atoms. The summed E-state index contributed by atoms with van der Waals surface area (Å²) in [4.78, 5) is 14.1. The van der Waals surface area contributed by atoms with Gasteiger partial charge in [0, 0.05) is 23.3 Å². The molecule has 2 aromatic rings. The molecule has 0 aliphatic carbocycles. The van der Waals surface area contributed by atoms with E-state index in [1.54, 1.807) is 21.8 Å². The van der Waals surface area contributed by atoms with Crippen LogP contribution in [0.1, 0.15) is 30.9 Å². The standard InChI is InChI=1S/C14H12F3N3OS.CH4.H2S/c1-9-8-19(13(21)12-6-7-18-20(9)12)10-2-4-11(5-3-10)22-14(15,16)17;;/h2-7,9H,8H2,1H3;1H4;1H2/t9-;;/m0../s1. The maximum atomic E-state index is 12.4. The molecule has 4 nitrogen and oxygen atoms in total. The Kier molecular flexibility index (Phi) is 6.40. The summed E-state index contributed by atoms with van der Waals surface area (Å²) >= 11 is -0.170. The number of anilines is 1. The Morgan fingerprint density at radius 3 is 2.42 bits per heavy atom. The van der Waals surface area contributed by atoms with Crippen LogP contribution in [0.2, 0.25) is 0 Å². The number of halogens is 3. The zero-order chi connectivity index (χ0) is 15.9. The monoisotopic (exact) mass is 377 g/mol. The Labute approximate surface area is 149 Å². The van der Waals surface area contributed by atoms with Gasteiger partial charge < -0.3 is 4.90 Å². The number of carbonyl (C=O) groups excluding carboxylic acids is 1. The molecule has 1 aromatic heterocycles. The van der Waals surface area contributed by atoms with E-state index >= 15 is 0 Å². The maximum Gasteiger partial charge on any atom is 0.446 e. The van der Waals surface area contributed by atoms with Crippen molar-refractivity contribution in [2.24, 2.45) is 0 Å². The molecule has 3 rings (SSSR count). The fourth-order valence-corrected chi connectivity index (χ4v) is 2.99. The molecule has 0 saturated heterocycles. The van der Waals surface area contributed by atoms with Gasteiger partial charge in [-0.05, 0) is 49.0 Å². The quantitative estimate of drug-likeness (QED) is 0.725. The minimum Gasteiger partial charge on any atom is -0.305 e. The Morgan fingerprint density at radius 2 is 1.83 bits per heavy atom. The minimum atomic E-state index is -4.32. The van der Waals surface area contributed by atoms with Gasteiger partial charge in [-0.25, -0.2) is 0 Å². The summed E-state index contributed by atoms with van der Waals surface area (Å²) in [5.41, 5.74) is -3.26. The van der Waals surface area contributed by atoms with E-state index in [0.717, 1.165) is 0 Å². The van der Waals surface area contributed by atoms with Crippen LogP contribution < -0.4 is 4.90 Å². The number of hydrogen-bond acceptors (Lipinski definition) is 3. The van der Waals surface area contributed by atoms with Crippen LogP contribution in [0.5, 0.6) is 0 Å². The van der Waals surface area contributed by atoms with Crippen LogP contribution in [-0.4, -0.2) is 27.7 Å². The second-order valence-corrected chi connectivity index (χ2v) is 6.11. The van der Waals surface area contributed by atoms with Gasteiger partial charge in [0.15, 0.2) is 0 Å². The van der Waals surface area contributed by atoms with Crippen LogP contribution in [0.3, 0.4) is 0 Å². The van der Waals surface area contributed by atoms with Crippen LogP contribution in [-0.2, 0) is 0 Å². The molecule has 0 N–H and O–H groups in total. The van der Waals surface area contributed by atoms with E-state index in [-0.39, 0.29) is 49.5 Å². The molecule has 1 atom stereocenters. The van der Waals surface area contributed by atoms with Crippen LogP contribution in [0.4, 0.5) is 18.9 Å². The lowest BCUT2D eigenvalue weighted by molar-refractivity contribution is -0.0328.